The van der Waals surface area contributed by atoms with E-state index in [2.05, 4.69) is 10.2 Å². The van der Waals surface area contributed by atoms with E-state index in [1.165, 1.54) is 6.07 Å². The highest BCUT2D eigenvalue weighted by Crippen LogP contribution is 2.21. The zero-order valence-corrected chi connectivity index (χ0v) is 14.2. The van der Waals surface area contributed by atoms with Crippen molar-refractivity contribution in [2.75, 3.05) is 13.1 Å². The lowest BCUT2D eigenvalue weighted by Crippen LogP contribution is -2.32. The van der Waals surface area contributed by atoms with E-state index in [4.69, 9.17) is 5.73 Å². The molecule has 3 aromatic rings. The van der Waals surface area contributed by atoms with Crippen LogP contribution in [0.2, 0.25) is 0 Å². The molecule has 0 spiro atoms. The van der Waals surface area contributed by atoms with E-state index in [1.807, 2.05) is 24.3 Å². The number of nitrogens with two attached hydrogens (primary N) is 1. The van der Waals surface area contributed by atoms with Gasteiger partial charge in [0.1, 0.15) is 5.82 Å². The first-order valence-electron chi connectivity index (χ1n) is 8.64. The van der Waals surface area contributed by atoms with E-state index in [9.17, 15) is 9.18 Å². The van der Waals surface area contributed by atoms with Crippen LogP contribution in [0.3, 0.4) is 0 Å². The van der Waals surface area contributed by atoms with Crippen molar-refractivity contribution in [3.63, 3.8) is 0 Å². The zero-order chi connectivity index (χ0) is 18.1. The van der Waals surface area contributed by atoms with Crippen molar-refractivity contribution in [2.45, 2.75) is 18.9 Å². The Labute approximate surface area is 150 Å². The van der Waals surface area contributed by atoms with Gasteiger partial charge < -0.3 is 10.6 Å². The van der Waals surface area contributed by atoms with Gasteiger partial charge in [-0.05, 0) is 24.1 Å². The highest BCUT2D eigenvalue weighted by molar-refractivity contribution is 5.95. The van der Waals surface area contributed by atoms with Crippen molar-refractivity contribution >= 4 is 16.7 Å². The van der Waals surface area contributed by atoms with Crippen LogP contribution >= 0.6 is 0 Å². The molecule has 0 bridgehead atoms. The third kappa shape index (κ3) is 3.15. The molecule has 6 heteroatoms. The summed E-state index contributed by atoms with van der Waals surface area (Å²) >= 11 is 0. The maximum Gasteiger partial charge on any atom is 0.256 e. The minimum absolute atomic E-state index is 0.0313. The highest BCUT2D eigenvalue weighted by Gasteiger charge is 2.26. The van der Waals surface area contributed by atoms with Gasteiger partial charge in [0.25, 0.3) is 5.91 Å². The topological polar surface area (TPSA) is 72.1 Å². The molecule has 2 N–H and O–H groups in total. The smallest absolute Gasteiger partial charge is 0.256 e. The van der Waals surface area contributed by atoms with Gasteiger partial charge in [-0.15, -0.1) is 0 Å². The van der Waals surface area contributed by atoms with E-state index in [0.717, 1.165) is 28.5 Å². The van der Waals surface area contributed by atoms with Crippen LogP contribution in [0.5, 0.6) is 0 Å². The molecular weight excluding hydrogens is 331 g/mol. The summed E-state index contributed by atoms with van der Waals surface area (Å²) in [6.07, 6.45) is 2.95. The monoisotopic (exact) mass is 350 g/mol. The minimum atomic E-state index is -0.511. The van der Waals surface area contributed by atoms with Gasteiger partial charge >= 0.3 is 0 Å². The summed E-state index contributed by atoms with van der Waals surface area (Å²) < 4.78 is 14.3. The van der Waals surface area contributed by atoms with Crippen molar-refractivity contribution in [1.29, 1.82) is 0 Å². The van der Waals surface area contributed by atoms with Crippen LogP contribution < -0.4 is 5.73 Å². The molecule has 1 aromatic heterocycles. The van der Waals surface area contributed by atoms with E-state index < -0.39 is 5.82 Å². The third-order valence-electron chi connectivity index (χ3n) is 4.79. The number of nitrogens with zero attached hydrogens (tertiary/aromatic N) is 3. The summed E-state index contributed by atoms with van der Waals surface area (Å²) in [4.78, 5) is 14.2. The van der Waals surface area contributed by atoms with Gasteiger partial charge in [-0.2, -0.15) is 10.2 Å². The second-order valence-corrected chi connectivity index (χ2v) is 6.67. The van der Waals surface area contributed by atoms with Crippen LogP contribution in [-0.4, -0.2) is 40.1 Å². The Bertz CT molecular complexity index is 970. The van der Waals surface area contributed by atoms with Crippen LogP contribution in [0.1, 0.15) is 28.0 Å². The molecular formula is C20H19FN4O. The first kappa shape index (κ1) is 16.6. The Hall–Kier alpha value is -2.86. The number of hydrogen-bond acceptors (Lipinski definition) is 4. The number of carbonyl (C=O) groups is 1. The molecule has 1 fully saturated rings. The molecule has 0 radical (unpaired) electrons. The highest BCUT2D eigenvalue weighted by atomic mass is 19.1. The molecule has 132 valence electrons. The second-order valence-electron chi connectivity index (χ2n) is 6.67. The number of halogens is 1. The van der Waals surface area contributed by atoms with E-state index in [1.54, 1.807) is 23.2 Å². The Kier molecular flexibility index (Phi) is 4.34. The maximum absolute atomic E-state index is 14.3. The maximum atomic E-state index is 14.3. The van der Waals surface area contributed by atoms with Crippen LogP contribution in [0.25, 0.3) is 10.8 Å². The molecule has 0 saturated carbocycles. The van der Waals surface area contributed by atoms with Gasteiger partial charge in [0.05, 0.1) is 17.5 Å². The molecule has 1 aliphatic rings. The molecule has 0 unspecified atom stereocenters. The first-order chi connectivity index (χ1) is 12.6. The molecule has 1 amide bonds. The SMILES string of the molecule is N[C@@H]1CCN(C(=O)c2cc(Cc3nncc4ccccc34)ccc2F)C1. The van der Waals surface area contributed by atoms with E-state index in [0.29, 0.717) is 19.5 Å². The molecule has 1 atom stereocenters. The third-order valence-corrected chi connectivity index (χ3v) is 4.79. The lowest BCUT2D eigenvalue weighted by atomic mass is 10.0. The van der Waals surface area contributed by atoms with Crippen molar-refractivity contribution in [3.05, 3.63) is 71.3 Å². The summed E-state index contributed by atoms with van der Waals surface area (Å²) in [6, 6.07) is 12.5. The fraction of sp³-hybridized carbons (Fsp3) is 0.250. The molecule has 26 heavy (non-hydrogen) atoms. The number of likely N-dealkylation sites (tertiary alicyclic amines) is 1. The van der Waals surface area contributed by atoms with Gasteiger partial charge in [-0.3, -0.25) is 4.79 Å². The van der Waals surface area contributed by atoms with Crippen molar-refractivity contribution in [2.24, 2.45) is 5.73 Å². The summed E-state index contributed by atoms with van der Waals surface area (Å²) in [5, 5.41) is 10.3. The van der Waals surface area contributed by atoms with Crippen molar-refractivity contribution in [1.82, 2.24) is 15.1 Å². The average Bonchev–Trinajstić information content (AvgIpc) is 3.09. The minimum Gasteiger partial charge on any atom is -0.337 e. The molecule has 1 saturated heterocycles. The number of hydrogen-bond donors (Lipinski definition) is 1. The number of rotatable bonds is 3. The van der Waals surface area contributed by atoms with E-state index in [-0.39, 0.29) is 17.5 Å². The Balaban J connectivity index is 1.64. The number of benzene rings is 2. The van der Waals surface area contributed by atoms with Crippen LogP contribution in [0.4, 0.5) is 4.39 Å². The van der Waals surface area contributed by atoms with E-state index >= 15 is 0 Å². The quantitative estimate of drug-likeness (QED) is 0.788. The molecule has 0 aliphatic carbocycles. The molecule has 4 rings (SSSR count). The molecule has 2 heterocycles. The summed E-state index contributed by atoms with van der Waals surface area (Å²) in [5.41, 5.74) is 7.57. The Morgan fingerprint density at radius 2 is 2.12 bits per heavy atom. The summed E-state index contributed by atoms with van der Waals surface area (Å²) in [5.74, 6) is -0.815. The first-order valence-corrected chi connectivity index (χ1v) is 8.64. The normalized spacial score (nSPS) is 17.0. The largest absolute Gasteiger partial charge is 0.337 e. The number of amides is 1. The van der Waals surface area contributed by atoms with Crippen LogP contribution in [0, 0.1) is 5.82 Å². The van der Waals surface area contributed by atoms with Gasteiger partial charge in [-0.25, -0.2) is 4.39 Å². The standard InChI is InChI=1S/C20H19FN4O/c21-18-6-5-13(9-17(18)20(26)25-8-7-15(22)12-25)10-19-16-4-2-1-3-14(16)11-23-24-19/h1-6,9,11,15H,7-8,10,12,22H2/t15-/m1/s1. The van der Waals surface area contributed by atoms with Gasteiger partial charge in [0.2, 0.25) is 0 Å². The molecule has 1 aliphatic heterocycles. The Morgan fingerprint density at radius 3 is 2.92 bits per heavy atom. The average molecular weight is 350 g/mol. The summed E-state index contributed by atoms with van der Waals surface area (Å²) in [6.45, 7) is 1.04. The summed E-state index contributed by atoms with van der Waals surface area (Å²) in [7, 11) is 0. The number of carbonyl (C=O) groups excluding carboxylic acids is 1. The molecule has 2 aromatic carbocycles. The van der Waals surface area contributed by atoms with Gasteiger partial charge in [0, 0.05) is 36.3 Å². The zero-order valence-electron chi connectivity index (χ0n) is 14.2. The van der Waals surface area contributed by atoms with Crippen LogP contribution in [-0.2, 0) is 6.42 Å². The van der Waals surface area contributed by atoms with Crippen LogP contribution in [0.15, 0.2) is 48.7 Å². The number of fused-ring (bicyclic) bond motifs is 1. The lowest BCUT2D eigenvalue weighted by Gasteiger charge is -2.17. The fourth-order valence-corrected chi connectivity index (χ4v) is 3.40. The lowest BCUT2D eigenvalue weighted by molar-refractivity contribution is 0.0786. The Morgan fingerprint density at radius 1 is 1.27 bits per heavy atom. The second kappa shape index (κ2) is 6.80. The van der Waals surface area contributed by atoms with Crippen molar-refractivity contribution in [3.8, 4) is 0 Å². The van der Waals surface area contributed by atoms with Crippen molar-refractivity contribution < 1.29 is 9.18 Å². The predicted octanol–water partition coefficient (Wildman–Crippen LogP) is 2.53. The number of aromatic nitrogens is 2. The van der Waals surface area contributed by atoms with Gasteiger partial charge in [0.15, 0.2) is 0 Å². The predicted molar refractivity (Wildman–Crippen MR) is 97.2 cm³/mol. The fourth-order valence-electron chi connectivity index (χ4n) is 3.40. The van der Waals surface area contributed by atoms with Gasteiger partial charge in [-0.1, -0.05) is 30.3 Å². The molecule has 5 nitrogen and oxygen atoms in total.